The molecule has 21 heavy (non-hydrogen) atoms. The Kier molecular flexibility index (Phi) is 4.34. The van der Waals surface area contributed by atoms with Crippen molar-refractivity contribution in [2.45, 2.75) is 58.5 Å². The normalized spacial score (nSPS) is 22.3. The molecule has 2 heterocycles. The summed E-state index contributed by atoms with van der Waals surface area (Å²) in [5.41, 5.74) is 0.873. The number of piperidine rings is 1. The van der Waals surface area contributed by atoms with Crippen molar-refractivity contribution in [2.75, 3.05) is 6.54 Å². The summed E-state index contributed by atoms with van der Waals surface area (Å²) in [6, 6.07) is 1.97. The summed E-state index contributed by atoms with van der Waals surface area (Å²) in [7, 11) is 0. The van der Waals surface area contributed by atoms with Crippen LogP contribution in [0.4, 0.5) is 0 Å². The molecule has 1 unspecified atom stereocenters. The number of nitrogens with zero attached hydrogens (tertiary/aromatic N) is 3. The molecule has 1 aliphatic rings. The number of aryl methyl sites for hydroxylation is 3. The first-order valence-electron chi connectivity index (χ1n) is 7.39. The van der Waals surface area contributed by atoms with Gasteiger partial charge in [0.2, 0.25) is 5.91 Å². The van der Waals surface area contributed by atoms with Crippen molar-refractivity contribution in [1.29, 1.82) is 0 Å². The monoisotopic (exact) mass is 293 g/mol. The SMILES string of the molecule is Cc1cc(C)n(CCC(=O)N2CCCCC2(C)C(=O)O)n1. The molecule has 0 spiro atoms. The zero-order valence-corrected chi connectivity index (χ0v) is 12.9. The average Bonchev–Trinajstić information content (AvgIpc) is 2.74. The highest BCUT2D eigenvalue weighted by Crippen LogP contribution is 2.28. The number of carboxylic acids is 1. The lowest BCUT2D eigenvalue weighted by Gasteiger charge is -2.41. The predicted molar refractivity (Wildman–Crippen MR) is 77.9 cm³/mol. The molecule has 1 saturated heterocycles. The summed E-state index contributed by atoms with van der Waals surface area (Å²) < 4.78 is 1.80. The molecule has 0 saturated carbocycles. The van der Waals surface area contributed by atoms with Gasteiger partial charge in [0, 0.05) is 25.2 Å². The molecule has 1 N–H and O–H groups in total. The molecule has 6 nitrogen and oxygen atoms in total. The average molecular weight is 293 g/mol. The quantitative estimate of drug-likeness (QED) is 0.917. The van der Waals surface area contributed by atoms with Gasteiger partial charge in [-0.3, -0.25) is 9.48 Å². The minimum absolute atomic E-state index is 0.104. The Morgan fingerprint density at radius 1 is 1.38 bits per heavy atom. The third-order valence-electron chi connectivity index (χ3n) is 4.29. The van der Waals surface area contributed by atoms with Crippen LogP contribution in [0.5, 0.6) is 0 Å². The van der Waals surface area contributed by atoms with Crippen molar-refractivity contribution in [3.63, 3.8) is 0 Å². The first-order valence-corrected chi connectivity index (χ1v) is 7.39. The summed E-state index contributed by atoms with van der Waals surface area (Å²) in [5.74, 6) is -1.02. The minimum Gasteiger partial charge on any atom is -0.480 e. The number of carbonyl (C=O) groups is 2. The van der Waals surface area contributed by atoms with Crippen LogP contribution in [0, 0.1) is 13.8 Å². The van der Waals surface area contributed by atoms with E-state index in [1.807, 2.05) is 19.9 Å². The van der Waals surface area contributed by atoms with Gasteiger partial charge in [0.1, 0.15) is 5.54 Å². The first kappa shape index (κ1) is 15.5. The van der Waals surface area contributed by atoms with E-state index in [0.717, 1.165) is 24.2 Å². The van der Waals surface area contributed by atoms with Crippen LogP contribution in [-0.2, 0) is 16.1 Å². The van der Waals surface area contributed by atoms with Crippen LogP contribution < -0.4 is 0 Å². The fraction of sp³-hybridized carbons (Fsp3) is 0.667. The number of hydrogen-bond acceptors (Lipinski definition) is 3. The van der Waals surface area contributed by atoms with Crippen LogP contribution in [0.2, 0.25) is 0 Å². The Labute approximate surface area is 124 Å². The number of hydrogen-bond donors (Lipinski definition) is 1. The fourth-order valence-corrected chi connectivity index (χ4v) is 2.98. The van der Waals surface area contributed by atoms with Crippen LogP contribution in [0.25, 0.3) is 0 Å². The Morgan fingerprint density at radius 3 is 2.67 bits per heavy atom. The maximum absolute atomic E-state index is 12.4. The van der Waals surface area contributed by atoms with Gasteiger partial charge in [-0.2, -0.15) is 5.10 Å². The number of rotatable bonds is 4. The second-order valence-corrected chi connectivity index (χ2v) is 5.98. The smallest absolute Gasteiger partial charge is 0.329 e. The lowest BCUT2D eigenvalue weighted by molar-refractivity contribution is -0.161. The topological polar surface area (TPSA) is 75.4 Å². The second kappa shape index (κ2) is 5.87. The molecule has 2 rings (SSSR count). The van der Waals surface area contributed by atoms with Crippen LogP contribution in [0.1, 0.15) is 44.0 Å². The third kappa shape index (κ3) is 3.09. The van der Waals surface area contributed by atoms with Crippen molar-refractivity contribution in [1.82, 2.24) is 14.7 Å². The van der Waals surface area contributed by atoms with Gasteiger partial charge in [-0.15, -0.1) is 0 Å². The minimum atomic E-state index is -1.07. The molecular weight excluding hydrogens is 270 g/mol. The summed E-state index contributed by atoms with van der Waals surface area (Å²) in [4.78, 5) is 25.5. The Balaban J connectivity index is 2.05. The van der Waals surface area contributed by atoms with E-state index in [2.05, 4.69) is 5.10 Å². The number of amides is 1. The van der Waals surface area contributed by atoms with E-state index in [4.69, 9.17) is 0 Å². The van der Waals surface area contributed by atoms with E-state index in [1.165, 1.54) is 4.90 Å². The van der Waals surface area contributed by atoms with Crippen molar-refractivity contribution in [3.8, 4) is 0 Å². The van der Waals surface area contributed by atoms with Gasteiger partial charge in [-0.1, -0.05) is 0 Å². The molecule has 1 aromatic heterocycles. The number of aliphatic carboxylic acids is 1. The number of carboxylic acid groups (broad SMARTS) is 1. The molecule has 6 heteroatoms. The Hall–Kier alpha value is -1.85. The zero-order chi connectivity index (χ0) is 15.6. The highest BCUT2D eigenvalue weighted by Gasteiger charge is 2.43. The van der Waals surface area contributed by atoms with Crippen molar-refractivity contribution >= 4 is 11.9 Å². The molecule has 0 aromatic carbocycles. The zero-order valence-electron chi connectivity index (χ0n) is 12.9. The van der Waals surface area contributed by atoms with Gasteiger partial charge in [0.25, 0.3) is 0 Å². The number of likely N-dealkylation sites (tertiary alicyclic amines) is 1. The maximum atomic E-state index is 12.4. The summed E-state index contributed by atoms with van der Waals surface area (Å²) in [5, 5.41) is 13.8. The third-order valence-corrected chi connectivity index (χ3v) is 4.29. The van der Waals surface area contributed by atoms with Gasteiger partial charge in [-0.05, 0) is 46.1 Å². The van der Waals surface area contributed by atoms with Crippen LogP contribution in [-0.4, -0.2) is 43.7 Å². The summed E-state index contributed by atoms with van der Waals surface area (Å²) in [6.45, 7) is 6.53. The van der Waals surface area contributed by atoms with Crippen molar-refractivity contribution < 1.29 is 14.7 Å². The lowest BCUT2D eigenvalue weighted by atomic mass is 9.88. The molecule has 1 fully saturated rings. The molecular formula is C15H23N3O3. The van der Waals surface area contributed by atoms with Gasteiger partial charge >= 0.3 is 5.97 Å². The molecule has 0 bridgehead atoms. The largest absolute Gasteiger partial charge is 0.480 e. The standard InChI is InChI=1S/C15H23N3O3/c1-11-10-12(2)18(16-11)9-6-13(19)17-8-5-4-7-15(17,3)14(20)21/h10H,4-9H2,1-3H3,(H,20,21). The van der Waals surface area contributed by atoms with Crippen LogP contribution in [0.15, 0.2) is 6.07 Å². The molecule has 1 aliphatic heterocycles. The van der Waals surface area contributed by atoms with Gasteiger partial charge in [0.15, 0.2) is 0 Å². The number of carbonyl (C=O) groups excluding carboxylic acids is 1. The predicted octanol–water partition coefficient (Wildman–Crippen LogP) is 1.75. The van der Waals surface area contributed by atoms with E-state index < -0.39 is 11.5 Å². The van der Waals surface area contributed by atoms with E-state index in [0.29, 0.717) is 19.5 Å². The molecule has 1 amide bonds. The van der Waals surface area contributed by atoms with Crippen molar-refractivity contribution in [3.05, 3.63) is 17.5 Å². The van der Waals surface area contributed by atoms with E-state index >= 15 is 0 Å². The first-order chi connectivity index (χ1) is 9.84. The van der Waals surface area contributed by atoms with Crippen molar-refractivity contribution in [2.24, 2.45) is 0 Å². The Bertz CT molecular complexity index is 552. The Morgan fingerprint density at radius 2 is 2.10 bits per heavy atom. The molecule has 1 aromatic rings. The van der Waals surface area contributed by atoms with Crippen LogP contribution >= 0.6 is 0 Å². The highest BCUT2D eigenvalue weighted by molar-refractivity contribution is 5.87. The molecule has 116 valence electrons. The van der Waals surface area contributed by atoms with E-state index in [9.17, 15) is 14.7 Å². The lowest BCUT2D eigenvalue weighted by Crippen LogP contribution is -2.57. The van der Waals surface area contributed by atoms with Gasteiger partial charge in [-0.25, -0.2) is 4.79 Å². The maximum Gasteiger partial charge on any atom is 0.329 e. The van der Waals surface area contributed by atoms with E-state index in [-0.39, 0.29) is 12.3 Å². The van der Waals surface area contributed by atoms with Gasteiger partial charge < -0.3 is 10.0 Å². The highest BCUT2D eigenvalue weighted by atomic mass is 16.4. The molecule has 0 radical (unpaired) electrons. The number of aromatic nitrogens is 2. The van der Waals surface area contributed by atoms with E-state index in [1.54, 1.807) is 11.6 Å². The molecule has 1 atom stereocenters. The molecule has 0 aliphatic carbocycles. The van der Waals surface area contributed by atoms with Crippen LogP contribution in [0.3, 0.4) is 0 Å². The summed E-state index contributed by atoms with van der Waals surface area (Å²) in [6.07, 6.45) is 2.53. The van der Waals surface area contributed by atoms with Gasteiger partial charge in [0.05, 0.1) is 5.69 Å². The summed E-state index contributed by atoms with van der Waals surface area (Å²) >= 11 is 0. The second-order valence-electron chi connectivity index (χ2n) is 5.98. The fourth-order valence-electron chi connectivity index (χ4n) is 2.98.